The molecule has 2 heterocycles. The number of anilines is 1. The average Bonchev–Trinajstić information content (AvgIpc) is 2.77. The van der Waals surface area contributed by atoms with Gasteiger partial charge >= 0.3 is 0 Å². The largest absolute Gasteiger partial charge is 0.354 e. The van der Waals surface area contributed by atoms with Crippen LogP contribution in [0.15, 0.2) is 24.7 Å². The number of aryl methyl sites for hydroxylation is 2. The van der Waals surface area contributed by atoms with Crippen LogP contribution in [0.25, 0.3) is 0 Å². The molecule has 16 heavy (non-hydrogen) atoms. The molecule has 5 nitrogen and oxygen atoms in total. The molecule has 0 radical (unpaired) electrons. The minimum Gasteiger partial charge on any atom is -0.354 e. The molecule has 5 heteroatoms. The van der Waals surface area contributed by atoms with E-state index in [1.807, 2.05) is 19.2 Å². The summed E-state index contributed by atoms with van der Waals surface area (Å²) in [5.74, 6) is 1.71. The molecular weight excluding hydrogens is 202 g/mol. The molecule has 0 aliphatic heterocycles. The Balaban J connectivity index is 1.72. The lowest BCUT2D eigenvalue weighted by Gasteiger charge is -2.03. The minimum absolute atomic E-state index is 0.694. The van der Waals surface area contributed by atoms with E-state index in [-0.39, 0.29) is 0 Å². The number of nitrogens with one attached hydrogen (secondary N) is 2. The highest BCUT2D eigenvalue weighted by Gasteiger charge is 1.97. The van der Waals surface area contributed by atoms with E-state index in [9.17, 15) is 0 Å². The van der Waals surface area contributed by atoms with Crippen LogP contribution in [0.3, 0.4) is 0 Å². The SMILES string of the molecule is Cc1ccnc(NCCCc2ncc[nH]2)n1. The predicted octanol–water partition coefficient (Wildman–Crippen LogP) is 1.55. The Labute approximate surface area is 94.4 Å². The molecule has 0 fully saturated rings. The maximum absolute atomic E-state index is 4.26. The fraction of sp³-hybridized carbons (Fsp3) is 0.364. The summed E-state index contributed by atoms with van der Waals surface area (Å²) in [7, 11) is 0. The number of H-pyrrole nitrogens is 1. The van der Waals surface area contributed by atoms with Crippen molar-refractivity contribution in [3.8, 4) is 0 Å². The lowest BCUT2D eigenvalue weighted by atomic mass is 10.3. The van der Waals surface area contributed by atoms with Gasteiger partial charge in [-0.15, -0.1) is 0 Å². The second-order valence-corrected chi connectivity index (χ2v) is 3.59. The molecule has 2 N–H and O–H groups in total. The monoisotopic (exact) mass is 217 g/mol. The first-order valence-electron chi connectivity index (χ1n) is 5.36. The number of imidazole rings is 1. The molecule has 0 saturated carbocycles. The zero-order valence-corrected chi connectivity index (χ0v) is 9.27. The van der Waals surface area contributed by atoms with Gasteiger partial charge in [0.15, 0.2) is 0 Å². The van der Waals surface area contributed by atoms with Crippen molar-refractivity contribution >= 4 is 5.95 Å². The van der Waals surface area contributed by atoms with Gasteiger partial charge in [-0.1, -0.05) is 0 Å². The number of rotatable bonds is 5. The lowest BCUT2D eigenvalue weighted by molar-refractivity contribution is 0.809. The highest BCUT2D eigenvalue weighted by atomic mass is 15.1. The average molecular weight is 217 g/mol. The van der Waals surface area contributed by atoms with Crippen molar-refractivity contribution in [2.24, 2.45) is 0 Å². The first kappa shape index (κ1) is 10.6. The summed E-state index contributed by atoms with van der Waals surface area (Å²) in [4.78, 5) is 15.6. The predicted molar refractivity (Wildman–Crippen MR) is 62.2 cm³/mol. The molecule has 2 aromatic heterocycles. The second kappa shape index (κ2) is 5.25. The molecule has 0 bridgehead atoms. The van der Waals surface area contributed by atoms with Crippen LogP contribution in [-0.4, -0.2) is 26.5 Å². The molecule has 2 rings (SSSR count). The Morgan fingerprint density at radius 1 is 1.31 bits per heavy atom. The van der Waals surface area contributed by atoms with E-state index in [1.54, 1.807) is 12.4 Å². The third-order valence-corrected chi connectivity index (χ3v) is 2.22. The highest BCUT2D eigenvalue weighted by Crippen LogP contribution is 2.00. The van der Waals surface area contributed by atoms with Crippen LogP contribution >= 0.6 is 0 Å². The Kier molecular flexibility index (Phi) is 3.48. The van der Waals surface area contributed by atoms with Crippen LogP contribution in [0, 0.1) is 6.92 Å². The maximum atomic E-state index is 4.26. The number of hydrogen-bond acceptors (Lipinski definition) is 4. The van der Waals surface area contributed by atoms with Crippen molar-refractivity contribution in [1.82, 2.24) is 19.9 Å². The highest BCUT2D eigenvalue weighted by molar-refractivity contribution is 5.24. The van der Waals surface area contributed by atoms with Crippen molar-refractivity contribution in [2.45, 2.75) is 19.8 Å². The quantitative estimate of drug-likeness (QED) is 0.746. The normalized spacial score (nSPS) is 10.3. The second-order valence-electron chi connectivity index (χ2n) is 3.59. The van der Waals surface area contributed by atoms with Crippen LogP contribution in [0.1, 0.15) is 17.9 Å². The van der Waals surface area contributed by atoms with E-state index in [0.717, 1.165) is 30.9 Å². The third kappa shape index (κ3) is 3.05. The first-order chi connectivity index (χ1) is 7.84. The van der Waals surface area contributed by atoms with Gasteiger partial charge in [0.05, 0.1) is 0 Å². The molecule has 0 aliphatic carbocycles. The van der Waals surface area contributed by atoms with Crippen LogP contribution < -0.4 is 5.32 Å². The Morgan fingerprint density at radius 2 is 2.25 bits per heavy atom. The van der Waals surface area contributed by atoms with Gasteiger partial charge in [-0.25, -0.2) is 15.0 Å². The minimum atomic E-state index is 0.694. The molecule has 84 valence electrons. The van der Waals surface area contributed by atoms with Gasteiger partial charge in [-0.05, 0) is 19.4 Å². The van der Waals surface area contributed by atoms with Crippen molar-refractivity contribution in [1.29, 1.82) is 0 Å². The standard InChI is InChI=1S/C11H15N5/c1-9-4-6-15-11(16-9)14-5-2-3-10-12-7-8-13-10/h4,6-8H,2-3,5H2,1H3,(H,12,13)(H,14,15,16). The Morgan fingerprint density at radius 3 is 3.00 bits per heavy atom. The van der Waals surface area contributed by atoms with E-state index < -0.39 is 0 Å². The maximum Gasteiger partial charge on any atom is 0.222 e. The van der Waals surface area contributed by atoms with Crippen molar-refractivity contribution in [2.75, 3.05) is 11.9 Å². The third-order valence-electron chi connectivity index (χ3n) is 2.22. The molecule has 0 amide bonds. The van der Waals surface area contributed by atoms with Crippen LogP contribution in [0.4, 0.5) is 5.95 Å². The van der Waals surface area contributed by atoms with Gasteiger partial charge in [0.2, 0.25) is 5.95 Å². The van der Waals surface area contributed by atoms with Crippen molar-refractivity contribution < 1.29 is 0 Å². The summed E-state index contributed by atoms with van der Waals surface area (Å²) < 4.78 is 0. The smallest absolute Gasteiger partial charge is 0.222 e. The lowest BCUT2D eigenvalue weighted by Crippen LogP contribution is -2.07. The van der Waals surface area contributed by atoms with Gasteiger partial charge < -0.3 is 10.3 Å². The molecule has 2 aromatic rings. The zero-order valence-electron chi connectivity index (χ0n) is 9.27. The number of aromatic amines is 1. The number of nitrogens with zero attached hydrogens (tertiary/aromatic N) is 3. The van der Waals surface area contributed by atoms with Crippen molar-refractivity contribution in [3.63, 3.8) is 0 Å². The molecule has 0 aromatic carbocycles. The molecule has 0 atom stereocenters. The van der Waals surface area contributed by atoms with Gasteiger partial charge in [-0.2, -0.15) is 0 Å². The fourth-order valence-corrected chi connectivity index (χ4v) is 1.42. The first-order valence-corrected chi connectivity index (χ1v) is 5.36. The van der Waals surface area contributed by atoms with E-state index in [0.29, 0.717) is 5.95 Å². The van der Waals surface area contributed by atoms with Gasteiger partial charge in [0, 0.05) is 37.3 Å². The molecule has 0 spiro atoms. The van der Waals surface area contributed by atoms with Crippen LogP contribution in [-0.2, 0) is 6.42 Å². The molecule has 0 aliphatic rings. The summed E-state index contributed by atoms with van der Waals surface area (Å²) in [6, 6.07) is 1.88. The van der Waals surface area contributed by atoms with Crippen LogP contribution in [0.5, 0.6) is 0 Å². The van der Waals surface area contributed by atoms with Gasteiger partial charge in [0.25, 0.3) is 0 Å². The summed E-state index contributed by atoms with van der Waals surface area (Å²) in [6.45, 7) is 2.81. The zero-order chi connectivity index (χ0) is 11.2. The summed E-state index contributed by atoms with van der Waals surface area (Å²) >= 11 is 0. The van der Waals surface area contributed by atoms with Gasteiger partial charge in [0.1, 0.15) is 5.82 Å². The van der Waals surface area contributed by atoms with Gasteiger partial charge in [-0.3, -0.25) is 0 Å². The van der Waals surface area contributed by atoms with E-state index >= 15 is 0 Å². The molecular formula is C11H15N5. The summed E-state index contributed by atoms with van der Waals surface area (Å²) in [5, 5.41) is 3.18. The summed E-state index contributed by atoms with van der Waals surface area (Å²) in [6.07, 6.45) is 7.31. The van der Waals surface area contributed by atoms with Crippen molar-refractivity contribution in [3.05, 3.63) is 36.2 Å². The van der Waals surface area contributed by atoms with Crippen LogP contribution in [0.2, 0.25) is 0 Å². The van der Waals surface area contributed by atoms with E-state index in [2.05, 4.69) is 25.3 Å². The number of aromatic nitrogens is 4. The summed E-state index contributed by atoms with van der Waals surface area (Å²) in [5.41, 5.74) is 0.975. The van der Waals surface area contributed by atoms with E-state index in [1.165, 1.54) is 0 Å². The van der Waals surface area contributed by atoms with E-state index in [4.69, 9.17) is 0 Å². The molecule has 0 unspecified atom stereocenters. The fourth-order valence-electron chi connectivity index (χ4n) is 1.42. The number of hydrogen-bond donors (Lipinski definition) is 2. The molecule has 0 saturated heterocycles. The Hall–Kier alpha value is -1.91. The topological polar surface area (TPSA) is 66.5 Å². The Bertz CT molecular complexity index is 424.